The highest BCUT2D eigenvalue weighted by Gasteiger charge is 2.30. The Kier molecular flexibility index (Phi) is 4.60. The van der Waals surface area contributed by atoms with Gasteiger partial charge < -0.3 is 0 Å². The van der Waals surface area contributed by atoms with E-state index < -0.39 is 11.7 Å². The first-order valence-electron chi connectivity index (χ1n) is 4.41. The number of aryl methyl sites for hydroxylation is 2. The van der Waals surface area contributed by atoms with Crippen molar-refractivity contribution >= 4 is 0 Å². The zero-order valence-corrected chi connectivity index (χ0v) is 8.74. The van der Waals surface area contributed by atoms with E-state index in [2.05, 4.69) is 4.98 Å². The summed E-state index contributed by atoms with van der Waals surface area (Å²) in [7, 11) is 0. The van der Waals surface area contributed by atoms with Crippen LogP contribution in [0.25, 0.3) is 0 Å². The van der Waals surface area contributed by atoms with Crippen molar-refractivity contribution in [3.63, 3.8) is 0 Å². The van der Waals surface area contributed by atoms with Gasteiger partial charge >= 0.3 is 6.18 Å². The maximum Gasteiger partial charge on any atom is 0.417 e. The molecular formula is C10H14F3N. The van der Waals surface area contributed by atoms with Crippen molar-refractivity contribution in [2.45, 2.75) is 33.9 Å². The van der Waals surface area contributed by atoms with Gasteiger partial charge in [-0.1, -0.05) is 13.8 Å². The highest BCUT2D eigenvalue weighted by atomic mass is 19.4. The predicted molar refractivity (Wildman–Crippen MR) is 50.1 cm³/mol. The van der Waals surface area contributed by atoms with E-state index >= 15 is 0 Å². The Morgan fingerprint density at radius 2 is 1.64 bits per heavy atom. The molecule has 0 saturated carbocycles. The molecule has 0 amide bonds. The molecule has 0 saturated heterocycles. The number of alkyl halides is 3. The number of rotatable bonds is 0. The number of aromatic nitrogens is 1. The molecule has 1 aromatic rings. The fourth-order valence-corrected chi connectivity index (χ4v) is 0.798. The second-order valence-electron chi connectivity index (χ2n) is 2.62. The van der Waals surface area contributed by atoms with Crippen LogP contribution in [0.1, 0.15) is 30.7 Å². The van der Waals surface area contributed by atoms with Gasteiger partial charge in [0.25, 0.3) is 0 Å². The summed E-state index contributed by atoms with van der Waals surface area (Å²) in [5.41, 5.74) is 0.499. The molecule has 0 aliphatic heterocycles. The van der Waals surface area contributed by atoms with E-state index in [1.807, 2.05) is 13.8 Å². The van der Waals surface area contributed by atoms with E-state index in [1.165, 1.54) is 0 Å². The molecule has 1 heterocycles. The molecule has 80 valence electrons. The summed E-state index contributed by atoms with van der Waals surface area (Å²) < 4.78 is 36.2. The van der Waals surface area contributed by atoms with Gasteiger partial charge in [0.1, 0.15) is 0 Å². The minimum atomic E-state index is -4.29. The summed E-state index contributed by atoms with van der Waals surface area (Å²) in [4.78, 5) is 3.63. The second kappa shape index (κ2) is 4.98. The Hall–Kier alpha value is -1.06. The molecule has 14 heavy (non-hydrogen) atoms. The van der Waals surface area contributed by atoms with Crippen LogP contribution in [0.3, 0.4) is 0 Å². The lowest BCUT2D eigenvalue weighted by Gasteiger charge is -2.07. The normalized spacial score (nSPS) is 10.5. The zero-order valence-electron chi connectivity index (χ0n) is 8.74. The fraction of sp³-hybridized carbons (Fsp3) is 0.500. The third-order valence-electron chi connectivity index (χ3n) is 1.67. The number of pyridine rings is 1. The summed E-state index contributed by atoms with van der Waals surface area (Å²) >= 11 is 0. The predicted octanol–water partition coefficient (Wildman–Crippen LogP) is 3.74. The van der Waals surface area contributed by atoms with Crippen molar-refractivity contribution in [1.29, 1.82) is 0 Å². The fourth-order valence-electron chi connectivity index (χ4n) is 0.798. The molecule has 1 rings (SSSR count). The first-order chi connectivity index (χ1) is 6.41. The summed E-state index contributed by atoms with van der Waals surface area (Å²) in [6.45, 7) is 7.28. The third-order valence-corrected chi connectivity index (χ3v) is 1.67. The van der Waals surface area contributed by atoms with Gasteiger partial charge in [0, 0.05) is 11.9 Å². The smallest absolute Gasteiger partial charge is 0.261 e. The van der Waals surface area contributed by atoms with Crippen LogP contribution in [0.2, 0.25) is 0 Å². The molecule has 0 atom stereocenters. The lowest BCUT2D eigenvalue weighted by Crippen LogP contribution is -2.06. The van der Waals surface area contributed by atoms with Gasteiger partial charge in [0.05, 0.1) is 5.56 Å². The Morgan fingerprint density at radius 1 is 1.14 bits per heavy atom. The summed E-state index contributed by atoms with van der Waals surface area (Å²) in [6, 6.07) is 1.10. The molecule has 0 aliphatic rings. The number of halogens is 3. The molecule has 0 radical (unpaired) electrons. The van der Waals surface area contributed by atoms with Gasteiger partial charge in [-0.25, -0.2) is 0 Å². The summed E-state index contributed by atoms with van der Waals surface area (Å²) in [5, 5.41) is 0. The Bertz CT molecular complexity index is 292. The van der Waals surface area contributed by atoms with E-state index in [0.717, 1.165) is 12.3 Å². The first-order valence-corrected chi connectivity index (χ1v) is 4.41. The van der Waals surface area contributed by atoms with Crippen molar-refractivity contribution in [2.75, 3.05) is 0 Å². The lowest BCUT2D eigenvalue weighted by molar-refractivity contribution is -0.137. The molecule has 0 aromatic carbocycles. The Morgan fingerprint density at radius 3 is 2.00 bits per heavy atom. The standard InChI is InChI=1S/C8H8F3N.C2H6/c1-5-3-7(8(9,10)11)4-12-6(5)2;1-2/h3-4H,1-2H3;1-2H3. The number of hydrogen-bond donors (Lipinski definition) is 0. The van der Waals surface area contributed by atoms with Crippen molar-refractivity contribution in [3.8, 4) is 0 Å². The van der Waals surface area contributed by atoms with Crippen LogP contribution < -0.4 is 0 Å². The lowest BCUT2D eigenvalue weighted by atomic mass is 10.1. The van der Waals surface area contributed by atoms with Crippen LogP contribution in [0.15, 0.2) is 12.3 Å². The van der Waals surface area contributed by atoms with Gasteiger partial charge in [-0.2, -0.15) is 13.2 Å². The summed E-state index contributed by atoms with van der Waals surface area (Å²) in [6.07, 6.45) is -3.44. The van der Waals surface area contributed by atoms with E-state index in [0.29, 0.717) is 11.3 Å². The Labute approximate surface area is 82.0 Å². The third kappa shape index (κ3) is 3.36. The van der Waals surface area contributed by atoms with Gasteiger partial charge in [-0.3, -0.25) is 4.98 Å². The van der Waals surface area contributed by atoms with E-state index in [9.17, 15) is 13.2 Å². The SMILES string of the molecule is CC.Cc1cc(C(F)(F)F)cnc1C. The van der Waals surface area contributed by atoms with Crippen LogP contribution in [0.5, 0.6) is 0 Å². The summed E-state index contributed by atoms with van der Waals surface area (Å²) in [5.74, 6) is 0. The molecule has 4 heteroatoms. The first kappa shape index (κ1) is 12.9. The maximum atomic E-state index is 12.1. The highest BCUT2D eigenvalue weighted by Crippen LogP contribution is 2.29. The van der Waals surface area contributed by atoms with Crippen LogP contribution in [0.4, 0.5) is 13.2 Å². The average molecular weight is 205 g/mol. The quantitative estimate of drug-likeness (QED) is 0.628. The van der Waals surface area contributed by atoms with Gasteiger partial charge in [0.15, 0.2) is 0 Å². The average Bonchev–Trinajstić information content (AvgIpc) is 2.11. The second-order valence-corrected chi connectivity index (χ2v) is 2.62. The Balaban J connectivity index is 0.000000791. The zero-order chi connectivity index (χ0) is 11.4. The minimum Gasteiger partial charge on any atom is -0.261 e. The molecule has 1 nitrogen and oxygen atoms in total. The van der Waals surface area contributed by atoms with E-state index in [-0.39, 0.29) is 0 Å². The topological polar surface area (TPSA) is 12.9 Å². The minimum absolute atomic E-state index is 0.560. The van der Waals surface area contributed by atoms with Crippen molar-refractivity contribution in [1.82, 2.24) is 4.98 Å². The molecule has 0 fully saturated rings. The van der Waals surface area contributed by atoms with Gasteiger partial charge in [0.2, 0.25) is 0 Å². The maximum absolute atomic E-state index is 12.1. The number of hydrogen-bond acceptors (Lipinski definition) is 1. The molecule has 0 bridgehead atoms. The van der Waals surface area contributed by atoms with E-state index in [4.69, 9.17) is 0 Å². The van der Waals surface area contributed by atoms with Crippen LogP contribution in [-0.2, 0) is 6.18 Å². The van der Waals surface area contributed by atoms with Crippen molar-refractivity contribution in [2.24, 2.45) is 0 Å². The molecule has 0 spiro atoms. The molecule has 0 unspecified atom stereocenters. The van der Waals surface area contributed by atoms with Crippen molar-refractivity contribution in [3.05, 3.63) is 29.1 Å². The molecule has 0 N–H and O–H groups in total. The molecular weight excluding hydrogens is 191 g/mol. The number of nitrogens with zero attached hydrogens (tertiary/aromatic N) is 1. The van der Waals surface area contributed by atoms with E-state index in [1.54, 1.807) is 13.8 Å². The van der Waals surface area contributed by atoms with Gasteiger partial charge in [-0.05, 0) is 25.5 Å². The monoisotopic (exact) mass is 205 g/mol. The van der Waals surface area contributed by atoms with Gasteiger partial charge in [-0.15, -0.1) is 0 Å². The van der Waals surface area contributed by atoms with Crippen LogP contribution in [0, 0.1) is 13.8 Å². The highest BCUT2D eigenvalue weighted by molar-refractivity contribution is 5.24. The largest absolute Gasteiger partial charge is 0.417 e. The van der Waals surface area contributed by atoms with Crippen LogP contribution in [-0.4, -0.2) is 4.98 Å². The molecule has 0 aliphatic carbocycles. The van der Waals surface area contributed by atoms with Crippen LogP contribution >= 0.6 is 0 Å². The molecule has 1 aromatic heterocycles. The van der Waals surface area contributed by atoms with Crippen molar-refractivity contribution < 1.29 is 13.2 Å².